The lowest BCUT2D eigenvalue weighted by Gasteiger charge is -2.25. The molecule has 24 heavy (non-hydrogen) atoms. The Bertz CT molecular complexity index is 565. The van der Waals surface area contributed by atoms with Crippen molar-refractivity contribution in [2.45, 2.75) is 32.7 Å². The van der Waals surface area contributed by atoms with Crippen LogP contribution in [-0.4, -0.2) is 38.6 Å². The fraction of sp³-hybridized carbons (Fsp3) is 0.611. The summed E-state index contributed by atoms with van der Waals surface area (Å²) in [4.78, 5) is 14.5. The third-order valence-corrected chi connectivity index (χ3v) is 4.90. The molecule has 0 spiro atoms. The molecule has 1 fully saturated rings. The van der Waals surface area contributed by atoms with Crippen molar-refractivity contribution in [2.75, 3.05) is 27.8 Å². The quantitative estimate of drug-likeness (QED) is 0.851. The zero-order valence-corrected chi connectivity index (χ0v) is 15.8. The average Bonchev–Trinajstić information content (AvgIpc) is 3.03. The summed E-state index contributed by atoms with van der Waals surface area (Å²) in [5.41, 5.74) is 7.96. The van der Waals surface area contributed by atoms with Crippen LogP contribution in [0.3, 0.4) is 0 Å². The summed E-state index contributed by atoms with van der Waals surface area (Å²) in [5.74, 6) is 2.01. The Morgan fingerprint density at radius 2 is 1.88 bits per heavy atom. The number of nitrogens with zero attached hydrogens (tertiary/aromatic N) is 1. The van der Waals surface area contributed by atoms with Crippen molar-refractivity contribution >= 4 is 18.3 Å². The third-order valence-electron chi connectivity index (χ3n) is 4.90. The summed E-state index contributed by atoms with van der Waals surface area (Å²) in [6, 6.07) is 3.90. The van der Waals surface area contributed by atoms with Crippen LogP contribution in [0.2, 0.25) is 0 Å². The first kappa shape index (κ1) is 20.6. The summed E-state index contributed by atoms with van der Waals surface area (Å²) in [5, 5.41) is 0. The molecule has 1 aliphatic rings. The Balaban J connectivity index is 0.00000288. The largest absolute Gasteiger partial charge is 0.493 e. The minimum atomic E-state index is 0. The lowest BCUT2D eigenvalue weighted by Crippen LogP contribution is -2.36. The number of hydrogen-bond donors (Lipinski definition) is 1. The van der Waals surface area contributed by atoms with E-state index in [0.29, 0.717) is 30.5 Å². The minimum Gasteiger partial charge on any atom is -0.493 e. The molecule has 1 aromatic rings. The number of amides is 1. The molecule has 1 aromatic carbocycles. The van der Waals surface area contributed by atoms with E-state index in [-0.39, 0.29) is 24.2 Å². The first-order valence-corrected chi connectivity index (χ1v) is 8.18. The van der Waals surface area contributed by atoms with Crippen LogP contribution < -0.4 is 15.2 Å². The number of methoxy groups -OCH3 is 2. The molecule has 0 aromatic heterocycles. The molecule has 0 unspecified atom stereocenters. The topological polar surface area (TPSA) is 64.8 Å². The van der Waals surface area contributed by atoms with Crippen molar-refractivity contribution in [1.29, 1.82) is 0 Å². The molecule has 5 nitrogen and oxygen atoms in total. The first-order valence-electron chi connectivity index (χ1n) is 8.18. The van der Waals surface area contributed by atoms with Gasteiger partial charge in [0.05, 0.1) is 14.2 Å². The fourth-order valence-electron chi connectivity index (χ4n) is 3.45. The summed E-state index contributed by atoms with van der Waals surface area (Å²) in [6.07, 6.45) is 3.12. The number of rotatable bonds is 6. The number of nitrogens with two attached hydrogens (primary N) is 1. The zero-order chi connectivity index (χ0) is 17.0. The van der Waals surface area contributed by atoms with Gasteiger partial charge in [-0.1, -0.05) is 6.42 Å². The van der Waals surface area contributed by atoms with Crippen molar-refractivity contribution in [3.8, 4) is 11.5 Å². The average molecular weight is 357 g/mol. The van der Waals surface area contributed by atoms with E-state index >= 15 is 0 Å². The number of aryl methyl sites for hydroxylation is 1. The van der Waals surface area contributed by atoms with Crippen LogP contribution in [0.1, 0.15) is 30.4 Å². The molecular weight excluding hydrogens is 328 g/mol. The molecule has 0 bridgehead atoms. The standard InChI is InChI=1S/C18H28N2O3.ClH/c1-12-8-16(22-3)17(23-4)9-14(12)11-20(2)18(21)15-7-5-6-13(15)10-19;/h8-9,13,15H,5-7,10-11,19H2,1-4H3;1H/t13-,15-;/m1./s1. The maximum atomic E-state index is 12.7. The highest BCUT2D eigenvalue weighted by molar-refractivity contribution is 5.85. The van der Waals surface area contributed by atoms with Gasteiger partial charge in [0, 0.05) is 19.5 Å². The maximum absolute atomic E-state index is 12.7. The van der Waals surface area contributed by atoms with Crippen molar-refractivity contribution in [3.63, 3.8) is 0 Å². The van der Waals surface area contributed by atoms with E-state index in [2.05, 4.69) is 0 Å². The van der Waals surface area contributed by atoms with Gasteiger partial charge < -0.3 is 20.1 Å². The molecule has 1 saturated carbocycles. The number of carbonyl (C=O) groups is 1. The van der Waals surface area contributed by atoms with E-state index in [0.717, 1.165) is 30.4 Å². The maximum Gasteiger partial charge on any atom is 0.226 e. The molecule has 2 rings (SSSR count). The van der Waals surface area contributed by atoms with Gasteiger partial charge in [0.1, 0.15) is 0 Å². The second kappa shape index (κ2) is 9.14. The third kappa shape index (κ3) is 4.33. The number of ether oxygens (including phenoxy) is 2. The van der Waals surface area contributed by atoms with Gasteiger partial charge in [-0.15, -0.1) is 12.4 Å². The van der Waals surface area contributed by atoms with Gasteiger partial charge >= 0.3 is 0 Å². The molecule has 1 aliphatic carbocycles. The van der Waals surface area contributed by atoms with E-state index in [9.17, 15) is 4.79 Å². The van der Waals surface area contributed by atoms with E-state index in [1.54, 1.807) is 14.2 Å². The molecule has 1 amide bonds. The van der Waals surface area contributed by atoms with Crippen molar-refractivity contribution < 1.29 is 14.3 Å². The molecule has 0 saturated heterocycles. The van der Waals surface area contributed by atoms with Gasteiger partial charge in [0.2, 0.25) is 5.91 Å². The van der Waals surface area contributed by atoms with Crippen LogP contribution in [0.5, 0.6) is 11.5 Å². The van der Waals surface area contributed by atoms with Gasteiger partial charge in [-0.05, 0) is 55.5 Å². The fourth-order valence-corrected chi connectivity index (χ4v) is 3.45. The lowest BCUT2D eigenvalue weighted by atomic mass is 9.94. The first-order chi connectivity index (χ1) is 11.0. The number of benzene rings is 1. The molecule has 0 radical (unpaired) electrons. The molecular formula is C18H29ClN2O3. The summed E-state index contributed by atoms with van der Waals surface area (Å²) >= 11 is 0. The number of hydrogen-bond acceptors (Lipinski definition) is 4. The minimum absolute atomic E-state index is 0. The summed E-state index contributed by atoms with van der Waals surface area (Å²) in [6.45, 7) is 3.19. The van der Waals surface area contributed by atoms with Gasteiger partial charge in [0.25, 0.3) is 0 Å². The predicted molar refractivity (Wildman–Crippen MR) is 97.9 cm³/mol. The van der Waals surface area contributed by atoms with Crippen LogP contribution in [-0.2, 0) is 11.3 Å². The molecule has 2 N–H and O–H groups in total. The van der Waals surface area contributed by atoms with Gasteiger partial charge in [-0.25, -0.2) is 0 Å². The molecule has 0 heterocycles. The van der Waals surface area contributed by atoms with Crippen molar-refractivity contribution in [3.05, 3.63) is 23.3 Å². The van der Waals surface area contributed by atoms with Crippen LogP contribution in [0.15, 0.2) is 12.1 Å². The van der Waals surface area contributed by atoms with Gasteiger partial charge in [-0.2, -0.15) is 0 Å². The zero-order valence-electron chi connectivity index (χ0n) is 15.0. The lowest BCUT2D eigenvalue weighted by molar-refractivity contribution is -0.135. The highest BCUT2D eigenvalue weighted by Crippen LogP contribution is 2.34. The Labute approximate surface area is 150 Å². The summed E-state index contributed by atoms with van der Waals surface area (Å²) < 4.78 is 10.7. The number of carbonyl (C=O) groups excluding carboxylic acids is 1. The molecule has 0 aliphatic heterocycles. The van der Waals surface area contributed by atoms with Gasteiger partial charge in [0.15, 0.2) is 11.5 Å². The molecule has 6 heteroatoms. The highest BCUT2D eigenvalue weighted by atomic mass is 35.5. The molecule has 2 atom stereocenters. The predicted octanol–water partition coefficient (Wildman–Crippen LogP) is 2.77. The van der Waals surface area contributed by atoms with E-state index < -0.39 is 0 Å². The van der Waals surface area contributed by atoms with Crippen molar-refractivity contribution in [2.24, 2.45) is 17.6 Å². The monoisotopic (exact) mass is 356 g/mol. The second-order valence-corrected chi connectivity index (χ2v) is 6.36. The SMILES string of the molecule is COc1cc(C)c(CN(C)C(=O)[C@@H]2CCC[C@@H]2CN)cc1OC.Cl. The van der Waals surface area contributed by atoms with E-state index in [1.807, 2.05) is 31.0 Å². The normalized spacial score (nSPS) is 19.5. The summed E-state index contributed by atoms with van der Waals surface area (Å²) in [7, 11) is 5.11. The van der Waals surface area contributed by atoms with Crippen LogP contribution in [0, 0.1) is 18.8 Å². The number of halogens is 1. The Morgan fingerprint density at radius 1 is 1.25 bits per heavy atom. The smallest absolute Gasteiger partial charge is 0.226 e. The van der Waals surface area contributed by atoms with E-state index in [4.69, 9.17) is 15.2 Å². The highest BCUT2D eigenvalue weighted by Gasteiger charge is 2.33. The van der Waals surface area contributed by atoms with E-state index in [1.165, 1.54) is 0 Å². The van der Waals surface area contributed by atoms with Crippen LogP contribution >= 0.6 is 12.4 Å². The van der Waals surface area contributed by atoms with Gasteiger partial charge in [-0.3, -0.25) is 4.79 Å². The Morgan fingerprint density at radius 3 is 2.46 bits per heavy atom. The van der Waals surface area contributed by atoms with Crippen LogP contribution in [0.25, 0.3) is 0 Å². The Hall–Kier alpha value is -1.46. The molecule has 136 valence electrons. The van der Waals surface area contributed by atoms with Crippen molar-refractivity contribution in [1.82, 2.24) is 4.90 Å². The second-order valence-electron chi connectivity index (χ2n) is 6.36. The van der Waals surface area contributed by atoms with Crippen LogP contribution in [0.4, 0.5) is 0 Å². The Kier molecular flexibility index (Phi) is 7.84.